The van der Waals surface area contributed by atoms with E-state index in [1.54, 1.807) is 38.5 Å². The van der Waals surface area contributed by atoms with E-state index in [-0.39, 0.29) is 5.91 Å². The maximum atomic E-state index is 12.3. The Hall–Kier alpha value is -2.86. The molecule has 0 saturated carbocycles. The number of fused-ring (bicyclic) bond motifs is 1. The molecule has 0 spiro atoms. The van der Waals surface area contributed by atoms with Crippen LogP contribution in [0.25, 0.3) is 10.9 Å². The third-order valence-electron chi connectivity index (χ3n) is 3.82. The number of aromatic amines is 1. The SMILES string of the molecule is COc1cc(OC)c2[nH]c(C(=O)NCCOc3cccc(Cl)c3)cc2c1. The lowest BCUT2D eigenvalue weighted by Crippen LogP contribution is -2.28. The van der Waals surface area contributed by atoms with Gasteiger partial charge in [-0.3, -0.25) is 4.79 Å². The molecule has 0 fully saturated rings. The molecule has 3 aromatic rings. The molecule has 0 unspecified atom stereocenters. The number of rotatable bonds is 7. The second kappa shape index (κ2) is 8.01. The molecule has 0 bridgehead atoms. The van der Waals surface area contributed by atoms with Gasteiger partial charge in [-0.2, -0.15) is 0 Å². The minimum absolute atomic E-state index is 0.225. The number of carbonyl (C=O) groups is 1. The van der Waals surface area contributed by atoms with Gasteiger partial charge in [-0.05, 0) is 30.3 Å². The Morgan fingerprint density at radius 2 is 1.96 bits per heavy atom. The number of carbonyl (C=O) groups excluding carboxylic acids is 1. The van der Waals surface area contributed by atoms with E-state index in [0.717, 1.165) is 10.9 Å². The number of hydrogen-bond donors (Lipinski definition) is 2. The van der Waals surface area contributed by atoms with Crippen molar-refractivity contribution in [2.75, 3.05) is 27.4 Å². The van der Waals surface area contributed by atoms with E-state index in [2.05, 4.69) is 10.3 Å². The summed E-state index contributed by atoms with van der Waals surface area (Å²) in [4.78, 5) is 15.4. The highest BCUT2D eigenvalue weighted by atomic mass is 35.5. The Morgan fingerprint density at radius 1 is 1.12 bits per heavy atom. The number of methoxy groups -OCH3 is 2. The summed E-state index contributed by atoms with van der Waals surface area (Å²) in [6.45, 7) is 0.699. The monoisotopic (exact) mass is 374 g/mol. The predicted octanol–water partition coefficient (Wildman–Crippen LogP) is 3.65. The van der Waals surface area contributed by atoms with Gasteiger partial charge in [0.15, 0.2) is 0 Å². The van der Waals surface area contributed by atoms with Crippen molar-refractivity contribution in [3.63, 3.8) is 0 Å². The fraction of sp³-hybridized carbons (Fsp3) is 0.211. The van der Waals surface area contributed by atoms with Gasteiger partial charge < -0.3 is 24.5 Å². The minimum atomic E-state index is -0.225. The van der Waals surface area contributed by atoms with Crippen LogP contribution in [0.3, 0.4) is 0 Å². The number of hydrogen-bond acceptors (Lipinski definition) is 4. The zero-order valence-corrected chi connectivity index (χ0v) is 15.2. The predicted molar refractivity (Wildman–Crippen MR) is 101 cm³/mol. The molecule has 0 atom stereocenters. The number of ether oxygens (including phenoxy) is 3. The Bertz CT molecular complexity index is 923. The Kier molecular flexibility index (Phi) is 5.53. The molecule has 2 N–H and O–H groups in total. The summed E-state index contributed by atoms with van der Waals surface area (Å²) >= 11 is 5.90. The first-order chi connectivity index (χ1) is 12.6. The van der Waals surface area contributed by atoms with Crippen LogP contribution in [0.5, 0.6) is 17.2 Å². The van der Waals surface area contributed by atoms with Crippen molar-refractivity contribution in [3.05, 3.63) is 53.2 Å². The van der Waals surface area contributed by atoms with E-state index in [9.17, 15) is 4.79 Å². The molecule has 3 rings (SSSR count). The van der Waals surface area contributed by atoms with Crippen molar-refractivity contribution in [2.45, 2.75) is 0 Å². The minimum Gasteiger partial charge on any atom is -0.497 e. The standard InChI is InChI=1S/C19H19ClN2O4/c1-24-15-8-12-9-16(22-18(12)17(11-15)25-2)19(23)21-6-7-26-14-5-3-4-13(20)10-14/h3-5,8-11,22H,6-7H2,1-2H3,(H,21,23). The number of aromatic nitrogens is 1. The molecule has 6 nitrogen and oxygen atoms in total. The fourth-order valence-electron chi connectivity index (χ4n) is 2.57. The number of halogens is 1. The third-order valence-corrected chi connectivity index (χ3v) is 4.05. The molecule has 1 amide bonds. The lowest BCUT2D eigenvalue weighted by atomic mass is 10.2. The van der Waals surface area contributed by atoms with E-state index in [4.69, 9.17) is 25.8 Å². The quantitative estimate of drug-likeness (QED) is 0.619. The first-order valence-electron chi connectivity index (χ1n) is 8.02. The largest absolute Gasteiger partial charge is 0.497 e. The zero-order valence-electron chi connectivity index (χ0n) is 14.5. The smallest absolute Gasteiger partial charge is 0.267 e. The van der Waals surface area contributed by atoms with E-state index in [1.165, 1.54) is 0 Å². The molecule has 1 aromatic heterocycles. The van der Waals surface area contributed by atoms with Crippen molar-refractivity contribution in [2.24, 2.45) is 0 Å². The van der Waals surface area contributed by atoms with Crippen molar-refractivity contribution in [1.29, 1.82) is 0 Å². The van der Waals surface area contributed by atoms with Gasteiger partial charge in [0.1, 0.15) is 29.5 Å². The van der Waals surface area contributed by atoms with Gasteiger partial charge in [-0.25, -0.2) is 0 Å². The molecule has 136 valence electrons. The Labute approximate surface area is 156 Å². The fourth-order valence-corrected chi connectivity index (χ4v) is 2.75. The molecule has 26 heavy (non-hydrogen) atoms. The second-order valence-corrected chi connectivity index (χ2v) is 5.98. The van der Waals surface area contributed by atoms with Gasteiger partial charge in [0, 0.05) is 16.5 Å². The molecule has 1 heterocycles. The van der Waals surface area contributed by atoms with Gasteiger partial charge in [0.05, 0.1) is 26.3 Å². The highest BCUT2D eigenvalue weighted by Gasteiger charge is 2.13. The molecule has 0 radical (unpaired) electrons. The van der Waals surface area contributed by atoms with Crippen LogP contribution in [-0.4, -0.2) is 38.3 Å². The van der Waals surface area contributed by atoms with Gasteiger partial charge in [0.25, 0.3) is 5.91 Å². The summed E-state index contributed by atoms with van der Waals surface area (Å²) in [6, 6.07) is 12.5. The molecule has 2 aromatic carbocycles. The van der Waals surface area contributed by atoms with Crippen LogP contribution in [0.15, 0.2) is 42.5 Å². The van der Waals surface area contributed by atoms with E-state index in [0.29, 0.717) is 41.1 Å². The van der Waals surface area contributed by atoms with Crippen LogP contribution in [0.2, 0.25) is 5.02 Å². The van der Waals surface area contributed by atoms with Crippen LogP contribution in [-0.2, 0) is 0 Å². The van der Waals surface area contributed by atoms with Crippen LogP contribution in [0.1, 0.15) is 10.5 Å². The number of nitrogens with one attached hydrogen (secondary N) is 2. The zero-order chi connectivity index (χ0) is 18.5. The first kappa shape index (κ1) is 17.9. The lowest BCUT2D eigenvalue weighted by Gasteiger charge is -2.07. The first-order valence-corrected chi connectivity index (χ1v) is 8.40. The van der Waals surface area contributed by atoms with Gasteiger partial charge in [-0.1, -0.05) is 17.7 Å². The van der Waals surface area contributed by atoms with Gasteiger partial charge in [0.2, 0.25) is 0 Å². The van der Waals surface area contributed by atoms with Crippen LogP contribution in [0, 0.1) is 0 Å². The average molecular weight is 375 g/mol. The maximum absolute atomic E-state index is 12.3. The van der Waals surface area contributed by atoms with Crippen molar-refractivity contribution in [1.82, 2.24) is 10.3 Å². The Balaban J connectivity index is 1.62. The number of benzene rings is 2. The van der Waals surface area contributed by atoms with E-state index >= 15 is 0 Å². The molecular formula is C19H19ClN2O4. The molecule has 0 aliphatic rings. The topological polar surface area (TPSA) is 72.6 Å². The summed E-state index contributed by atoms with van der Waals surface area (Å²) in [6.07, 6.45) is 0. The normalized spacial score (nSPS) is 10.6. The van der Waals surface area contributed by atoms with E-state index < -0.39 is 0 Å². The maximum Gasteiger partial charge on any atom is 0.267 e. The highest BCUT2D eigenvalue weighted by Crippen LogP contribution is 2.31. The molecule has 7 heteroatoms. The van der Waals surface area contributed by atoms with Crippen molar-refractivity contribution >= 4 is 28.4 Å². The second-order valence-electron chi connectivity index (χ2n) is 5.54. The number of H-pyrrole nitrogens is 1. The van der Waals surface area contributed by atoms with Crippen LogP contribution >= 0.6 is 11.6 Å². The summed E-state index contributed by atoms with van der Waals surface area (Å²) < 4.78 is 16.1. The van der Waals surface area contributed by atoms with Crippen LogP contribution in [0.4, 0.5) is 0 Å². The van der Waals surface area contributed by atoms with Gasteiger partial charge in [-0.15, -0.1) is 0 Å². The van der Waals surface area contributed by atoms with E-state index in [1.807, 2.05) is 18.2 Å². The van der Waals surface area contributed by atoms with Gasteiger partial charge >= 0.3 is 0 Å². The molecular weight excluding hydrogens is 356 g/mol. The molecule has 0 saturated heterocycles. The summed E-state index contributed by atoms with van der Waals surface area (Å²) in [5, 5.41) is 4.25. The summed E-state index contributed by atoms with van der Waals surface area (Å²) in [5.74, 6) is 1.71. The van der Waals surface area contributed by atoms with Crippen molar-refractivity contribution < 1.29 is 19.0 Å². The number of amides is 1. The highest BCUT2D eigenvalue weighted by molar-refractivity contribution is 6.30. The Morgan fingerprint density at radius 3 is 2.69 bits per heavy atom. The lowest BCUT2D eigenvalue weighted by molar-refractivity contribution is 0.0943. The molecule has 0 aliphatic heterocycles. The van der Waals surface area contributed by atoms with Crippen molar-refractivity contribution in [3.8, 4) is 17.2 Å². The summed E-state index contributed by atoms with van der Waals surface area (Å²) in [5.41, 5.74) is 1.18. The average Bonchev–Trinajstić information content (AvgIpc) is 3.08. The van der Waals surface area contributed by atoms with Crippen LogP contribution < -0.4 is 19.5 Å². The third kappa shape index (κ3) is 4.03. The summed E-state index contributed by atoms with van der Waals surface area (Å²) in [7, 11) is 3.16. The molecule has 0 aliphatic carbocycles.